The molecule has 0 aliphatic heterocycles. The van der Waals surface area contributed by atoms with Crippen LogP contribution in [0.15, 0.2) is 11.1 Å². The first-order valence-electron chi connectivity index (χ1n) is 6.14. The van der Waals surface area contributed by atoms with E-state index in [1.54, 1.807) is 0 Å². The van der Waals surface area contributed by atoms with Crippen LogP contribution < -0.4 is 0 Å². The molecule has 0 aliphatic carbocycles. The molecule has 2 N–H and O–H groups in total. The van der Waals surface area contributed by atoms with Crippen molar-refractivity contribution in [3.8, 4) is 0 Å². The van der Waals surface area contributed by atoms with Gasteiger partial charge in [0, 0.05) is 12.2 Å². The molecule has 0 radical (unpaired) electrons. The molecule has 0 saturated carbocycles. The van der Waals surface area contributed by atoms with Gasteiger partial charge >= 0.3 is 17.9 Å². The number of aliphatic carboxylic acids is 1. The van der Waals surface area contributed by atoms with Crippen LogP contribution in [0.2, 0.25) is 0 Å². The van der Waals surface area contributed by atoms with Gasteiger partial charge < -0.3 is 19.7 Å². The van der Waals surface area contributed by atoms with Gasteiger partial charge in [0.25, 0.3) is 0 Å². The average molecular weight is 288 g/mol. The first kappa shape index (κ1) is 18.1. The molecule has 0 aromatic carbocycles. The molecular weight excluding hydrogens is 268 g/mol. The van der Waals surface area contributed by atoms with Crippen molar-refractivity contribution in [2.75, 3.05) is 20.8 Å². The topological polar surface area (TPSA) is 110 Å². The van der Waals surface area contributed by atoms with Crippen LogP contribution in [0, 0.1) is 5.92 Å². The summed E-state index contributed by atoms with van der Waals surface area (Å²) in [5.74, 6) is -4.07. The summed E-state index contributed by atoms with van der Waals surface area (Å²) in [6.45, 7) is 1.24. The quantitative estimate of drug-likeness (QED) is 0.380. The summed E-state index contributed by atoms with van der Waals surface area (Å²) in [7, 11) is 2.26. The number of methoxy groups -OCH3 is 2. The zero-order chi connectivity index (χ0) is 15.7. The Bertz CT molecular complexity index is 398. The average Bonchev–Trinajstić information content (AvgIpc) is 2.44. The van der Waals surface area contributed by atoms with Gasteiger partial charge in [0.2, 0.25) is 0 Å². The van der Waals surface area contributed by atoms with E-state index in [9.17, 15) is 14.4 Å². The van der Waals surface area contributed by atoms with Crippen molar-refractivity contribution >= 4 is 17.9 Å². The van der Waals surface area contributed by atoms with Crippen LogP contribution in [-0.2, 0) is 23.9 Å². The summed E-state index contributed by atoms with van der Waals surface area (Å²) < 4.78 is 9.14. The lowest BCUT2D eigenvalue weighted by atomic mass is 9.92. The fourth-order valence-electron chi connectivity index (χ4n) is 1.68. The standard InChI is InChI=1S/C13H20O7/c1-8(11(15)16)10(13(18)20-3)9(12(17)19-2)6-4-5-7-14/h8,14H,4-7H2,1-3H3,(H,15,16). The zero-order valence-corrected chi connectivity index (χ0v) is 11.8. The number of rotatable bonds is 8. The van der Waals surface area contributed by atoms with E-state index in [0.29, 0.717) is 12.8 Å². The highest BCUT2D eigenvalue weighted by atomic mass is 16.5. The van der Waals surface area contributed by atoms with Crippen LogP contribution in [0.3, 0.4) is 0 Å². The van der Waals surface area contributed by atoms with Gasteiger partial charge in [0.15, 0.2) is 0 Å². The van der Waals surface area contributed by atoms with Crippen molar-refractivity contribution in [2.24, 2.45) is 5.92 Å². The van der Waals surface area contributed by atoms with Crippen LogP contribution in [0.4, 0.5) is 0 Å². The summed E-state index contributed by atoms with van der Waals surface area (Å²) in [6, 6.07) is 0. The maximum atomic E-state index is 11.8. The highest BCUT2D eigenvalue weighted by molar-refractivity contribution is 6.03. The van der Waals surface area contributed by atoms with E-state index in [-0.39, 0.29) is 24.2 Å². The summed E-state index contributed by atoms with van der Waals surface area (Å²) in [5.41, 5.74) is -0.243. The molecule has 0 aromatic heterocycles. The molecule has 7 heteroatoms. The second-order valence-electron chi connectivity index (χ2n) is 4.12. The number of esters is 2. The Morgan fingerprint density at radius 1 is 1.05 bits per heavy atom. The summed E-state index contributed by atoms with van der Waals surface area (Å²) in [4.78, 5) is 34.6. The monoisotopic (exact) mass is 288 g/mol. The predicted octanol–water partition coefficient (Wildman–Crippen LogP) is 0.512. The zero-order valence-electron chi connectivity index (χ0n) is 11.8. The third-order valence-corrected chi connectivity index (χ3v) is 2.80. The maximum Gasteiger partial charge on any atom is 0.335 e. The predicted molar refractivity (Wildman–Crippen MR) is 68.8 cm³/mol. The second kappa shape index (κ2) is 9.08. The molecule has 0 rings (SSSR count). The largest absolute Gasteiger partial charge is 0.481 e. The Labute approximate surface area is 117 Å². The SMILES string of the molecule is COC(=O)C(CCCCO)=C(C(=O)OC)C(C)C(=O)O. The summed E-state index contributed by atoms with van der Waals surface area (Å²) in [5, 5.41) is 17.8. The third-order valence-electron chi connectivity index (χ3n) is 2.80. The molecule has 20 heavy (non-hydrogen) atoms. The normalized spacial score (nSPS) is 13.2. The van der Waals surface area contributed by atoms with Gasteiger partial charge in [-0.1, -0.05) is 0 Å². The molecule has 0 aromatic rings. The lowest BCUT2D eigenvalue weighted by Gasteiger charge is -2.15. The van der Waals surface area contributed by atoms with Crippen LogP contribution in [0.5, 0.6) is 0 Å². The molecule has 1 unspecified atom stereocenters. The van der Waals surface area contributed by atoms with Crippen LogP contribution >= 0.6 is 0 Å². The van der Waals surface area contributed by atoms with E-state index in [1.165, 1.54) is 6.92 Å². The van der Waals surface area contributed by atoms with Crippen LogP contribution in [0.25, 0.3) is 0 Å². The smallest absolute Gasteiger partial charge is 0.335 e. The van der Waals surface area contributed by atoms with E-state index in [0.717, 1.165) is 14.2 Å². The van der Waals surface area contributed by atoms with Gasteiger partial charge in [-0.2, -0.15) is 0 Å². The number of hydrogen-bond acceptors (Lipinski definition) is 6. The molecule has 1 atom stereocenters. The number of aliphatic hydroxyl groups is 1. The minimum Gasteiger partial charge on any atom is -0.481 e. The van der Waals surface area contributed by atoms with Crippen molar-refractivity contribution in [2.45, 2.75) is 26.2 Å². The highest BCUT2D eigenvalue weighted by Crippen LogP contribution is 2.23. The number of carboxylic acids is 1. The number of hydrogen-bond donors (Lipinski definition) is 2. The minimum atomic E-state index is -1.24. The number of carboxylic acid groups (broad SMARTS) is 1. The highest BCUT2D eigenvalue weighted by Gasteiger charge is 2.30. The number of unbranched alkanes of at least 4 members (excludes halogenated alkanes) is 1. The van der Waals surface area contributed by atoms with Crippen LogP contribution in [0.1, 0.15) is 26.2 Å². The van der Waals surface area contributed by atoms with Crippen molar-refractivity contribution in [3.63, 3.8) is 0 Å². The number of carbonyl (C=O) groups is 3. The van der Waals surface area contributed by atoms with Crippen molar-refractivity contribution in [1.29, 1.82) is 0 Å². The van der Waals surface area contributed by atoms with Crippen LogP contribution in [-0.4, -0.2) is 48.9 Å². The van der Waals surface area contributed by atoms with Gasteiger partial charge in [-0.3, -0.25) is 4.79 Å². The number of carbonyl (C=O) groups excluding carboxylic acids is 2. The Morgan fingerprint density at radius 2 is 1.60 bits per heavy atom. The van der Waals surface area contributed by atoms with E-state index in [4.69, 9.17) is 10.2 Å². The minimum absolute atomic E-state index is 0.0253. The van der Waals surface area contributed by atoms with Crippen molar-refractivity contribution in [3.05, 3.63) is 11.1 Å². The Hall–Kier alpha value is -1.89. The molecule has 114 valence electrons. The molecule has 7 nitrogen and oxygen atoms in total. The fourth-order valence-corrected chi connectivity index (χ4v) is 1.68. The number of aliphatic hydroxyl groups excluding tert-OH is 1. The van der Waals surface area contributed by atoms with Gasteiger partial charge in [-0.25, -0.2) is 9.59 Å². The number of ether oxygens (including phenoxy) is 2. The second-order valence-corrected chi connectivity index (χ2v) is 4.12. The Morgan fingerprint density at radius 3 is 2.00 bits per heavy atom. The molecule has 0 aliphatic rings. The van der Waals surface area contributed by atoms with Crippen molar-refractivity contribution in [1.82, 2.24) is 0 Å². The summed E-state index contributed by atoms with van der Waals surface area (Å²) in [6.07, 6.45) is 0.986. The van der Waals surface area contributed by atoms with E-state index < -0.39 is 23.8 Å². The molecular formula is C13H20O7. The van der Waals surface area contributed by atoms with Gasteiger partial charge in [0.05, 0.1) is 25.7 Å². The Kier molecular flexibility index (Phi) is 8.23. The Balaban J connectivity index is 5.64. The molecule has 0 amide bonds. The van der Waals surface area contributed by atoms with E-state index in [2.05, 4.69) is 9.47 Å². The summed E-state index contributed by atoms with van der Waals surface area (Å²) >= 11 is 0. The lowest BCUT2D eigenvalue weighted by Crippen LogP contribution is -2.24. The lowest BCUT2D eigenvalue weighted by molar-refractivity contribution is -0.145. The maximum absolute atomic E-state index is 11.8. The molecule has 0 bridgehead atoms. The van der Waals surface area contributed by atoms with E-state index in [1.807, 2.05) is 0 Å². The molecule has 0 fully saturated rings. The van der Waals surface area contributed by atoms with E-state index >= 15 is 0 Å². The third kappa shape index (κ3) is 5.00. The molecule has 0 spiro atoms. The van der Waals surface area contributed by atoms with Crippen molar-refractivity contribution < 1.29 is 34.1 Å². The molecule has 0 heterocycles. The van der Waals surface area contributed by atoms with Gasteiger partial charge in [-0.05, 0) is 26.2 Å². The fraction of sp³-hybridized carbons (Fsp3) is 0.615. The van der Waals surface area contributed by atoms with Gasteiger partial charge in [0.1, 0.15) is 0 Å². The molecule has 0 saturated heterocycles. The van der Waals surface area contributed by atoms with Gasteiger partial charge in [-0.15, -0.1) is 0 Å². The first-order chi connectivity index (χ1) is 9.40. The first-order valence-corrected chi connectivity index (χ1v) is 6.14.